The van der Waals surface area contributed by atoms with Crippen molar-refractivity contribution in [2.24, 2.45) is 0 Å². The van der Waals surface area contributed by atoms with Crippen LogP contribution in [-0.4, -0.2) is 39.5 Å². The summed E-state index contributed by atoms with van der Waals surface area (Å²) in [6, 6.07) is 8.87. The highest BCUT2D eigenvalue weighted by Gasteiger charge is 2.31. The van der Waals surface area contributed by atoms with E-state index in [1.165, 1.54) is 0 Å². The molecule has 0 radical (unpaired) electrons. The molecular weight excluding hydrogens is 319 g/mol. The van der Waals surface area contributed by atoms with Gasteiger partial charge in [0.1, 0.15) is 11.9 Å². The molecule has 0 aliphatic heterocycles. The van der Waals surface area contributed by atoms with E-state index in [9.17, 15) is 9.50 Å². The standard InChI is InChI=1S/C19H19FN4O/c1-24(17-4-2-3-15(17)20)19-6-5-16(22-23-19)14-9-13-11-21-8-7-12(13)10-18(14)25/h5-11,15,17,25H,2-4H2,1H3/t15-,17+/m0/s1. The highest BCUT2D eigenvalue weighted by atomic mass is 19.1. The quantitative estimate of drug-likeness (QED) is 0.788. The zero-order valence-corrected chi connectivity index (χ0v) is 13.9. The Balaban J connectivity index is 1.65. The van der Waals surface area contributed by atoms with Crippen molar-refractivity contribution in [1.82, 2.24) is 15.2 Å². The van der Waals surface area contributed by atoms with Crippen LogP contribution in [0.15, 0.2) is 42.7 Å². The molecule has 0 bridgehead atoms. The zero-order chi connectivity index (χ0) is 17.4. The number of benzene rings is 1. The molecule has 3 aromatic rings. The van der Waals surface area contributed by atoms with E-state index in [2.05, 4.69) is 15.2 Å². The fraction of sp³-hybridized carbons (Fsp3) is 0.316. The summed E-state index contributed by atoms with van der Waals surface area (Å²) in [6.07, 6.45) is 4.96. The van der Waals surface area contributed by atoms with E-state index in [0.29, 0.717) is 23.5 Å². The van der Waals surface area contributed by atoms with Gasteiger partial charge in [0.2, 0.25) is 0 Å². The maximum atomic E-state index is 13.9. The third-order valence-electron chi connectivity index (χ3n) is 4.94. The van der Waals surface area contributed by atoms with Crippen LogP contribution in [0, 0.1) is 0 Å². The number of hydrogen-bond acceptors (Lipinski definition) is 5. The van der Waals surface area contributed by atoms with Gasteiger partial charge in [0.05, 0.1) is 11.7 Å². The van der Waals surface area contributed by atoms with Crippen molar-refractivity contribution >= 4 is 16.6 Å². The second-order valence-electron chi connectivity index (χ2n) is 6.49. The van der Waals surface area contributed by atoms with Gasteiger partial charge in [0, 0.05) is 30.4 Å². The Hall–Kier alpha value is -2.76. The number of anilines is 1. The molecule has 2 heterocycles. The molecule has 1 saturated carbocycles. The Kier molecular flexibility index (Phi) is 3.95. The van der Waals surface area contributed by atoms with Crippen molar-refractivity contribution in [2.45, 2.75) is 31.5 Å². The second kappa shape index (κ2) is 6.27. The lowest BCUT2D eigenvalue weighted by molar-refractivity contribution is 0.306. The van der Waals surface area contributed by atoms with Crippen molar-refractivity contribution in [3.05, 3.63) is 42.7 Å². The van der Waals surface area contributed by atoms with E-state index < -0.39 is 6.17 Å². The fourth-order valence-corrected chi connectivity index (χ4v) is 3.49. The number of halogens is 1. The van der Waals surface area contributed by atoms with Gasteiger partial charge < -0.3 is 10.0 Å². The first kappa shape index (κ1) is 15.7. The average molecular weight is 338 g/mol. The lowest BCUT2D eigenvalue weighted by Gasteiger charge is -2.26. The number of phenols is 1. The van der Waals surface area contributed by atoms with Crippen LogP contribution in [0.5, 0.6) is 5.75 Å². The van der Waals surface area contributed by atoms with E-state index in [0.717, 1.165) is 23.6 Å². The van der Waals surface area contributed by atoms with Crippen molar-refractivity contribution in [3.63, 3.8) is 0 Å². The van der Waals surface area contributed by atoms with Crippen LogP contribution >= 0.6 is 0 Å². The lowest BCUT2D eigenvalue weighted by Crippen LogP contribution is -2.36. The van der Waals surface area contributed by atoms with Gasteiger partial charge in [-0.15, -0.1) is 10.2 Å². The first-order valence-electron chi connectivity index (χ1n) is 8.41. The minimum atomic E-state index is -0.816. The average Bonchev–Trinajstić information content (AvgIpc) is 3.06. The fourth-order valence-electron chi connectivity index (χ4n) is 3.49. The SMILES string of the molecule is CN(c1ccc(-c2cc3cnccc3cc2O)nn1)[C@@H]1CCC[C@@H]1F. The van der Waals surface area contributed by atoms with Gasteiger partial charge in [0.25, 0.3) is 0 Å². The van der Waals surface area contributed by atoms with E-state index in [-0.39, 0.29) is 11.8 Å². The minimum absolute atomic E-state index is 0.139. The van der Waals surface area contributed by atoms with E-state index in [1.54, 1.807) is 24.5 Å². The van der Waals surface area contributed by atoms with Crippen LogP contribution in [-0.2, 0) is 0 Å². The minimum Gasteiger partial charge on any atom is -0.507 e. The number of phenolic OH excluding ortho intramolecular Hbond substituents is 1. The smallest absolute Gasteiger partial charge is 0.151 e. The highest BCUT2D eigenvalue weighted by Crippen LogP contribution is 2.33. The predicted molar refractivity (Wildman–Crippen MR) is 95.4 cm³/mol. The molecule has 1 aromatic carbocycles. The van der Waals surface area contributed by atoms with E-state index in [4.69, 9.17) is 0 Å². The van der Waals surface area contributed by atoms with Gasteiger partial charge >= 0.3 is 0 Å². The molecule has 2 aromatic heterocycles. The van der Waals surface area contributed by atoms with E-state index >= 15 is 0 Å². The Morgan fingerprint density at radius 2 is 2.00 bits per heavy atom. The second-order valence-corrected chi connectivity index (χ2v) is 6.49. The number of pyridine rings is 1. The summed E-state index contributed by atoms with van der Waals surface area (Å²) >= 11 is 0. The summed E-state index contributed by atoms with van der Waals surface area (Å²) in [5.74, 6) is 0.786. The molecule has 25 heavy (non-hydrogen) atoms. The number of aromatic nitrogens is 3. The molecule has 1 fully saturated rings. The van der Waals surface area contributed by atoms with Gasteiger partial charge in [-0.2, -0.15) is 0 Å². The normalized spacial score (nSPS) is 20.1. The van der Waals surface area contributed by atoms with Gasteiger partial charge in [-0.05, 0) is 55.0 Å². The van der Waals surface area contributed by atoms with Crippen molar-refractivity contribution < 1.29 is 9.50 Å². The third kappa shape index (κ3) is 2.88. The lowest BCUT2D eigenvalue weighted by atomic mass is 10.1. The van der Waals surface area contributed by atoms with Crippen molar-refractivity contribution in [1.29, 1.82) is 0 Å². The summed E-state index contributed by atoms with van der Waals surface area (Å²) in [6.45, 7) is 0. The maximum Gasteiger partial charge on any atom is 0.151 e. The van der Waals surface area contributed by atoms with Crippen molar-refractivity contribution in [3.8, 4) is 17.0 Å². The maximum absolute atomic E-state index is 13.9. The van der Waals surface area contributed by atoms with Crippen LogP contribution in [0.25, 0.3) is 22.0 Å². The first-order chi connectivity index (χ1) is 12.1. The number of fused-ring (bicyclic) bond motifs is 1. The van der Waals surface area contributed by atoms with Crippen LogP contribution in [0.1, 0.15) is 19.3 Å². The summed E-state index contributed by atoms with van der Waals surface area (Å²) in [5.41, 5.74) is 1.18. The summed E-state index contributed by atoms with van der Waals surface area (Å²) in [5, 5.41) is 20.6. The largest absolute Gasteiger partial charge is 0.507 e. The zero-order valence-electron chi connectivity index (χ0n) is 13.9. The molecule has 0 spiro atoms. The molecular formula is C19H19FN4O. The molecule has 128 valence electrons. The van der Waals surface area contributed by atoms with Crippen LogP contribution in [0.4, 0.5) is 10.2 Å². The Bertz CT molecular complexity index is 900. The molecule has 4 rings (SSSR count). The molecule has 0 unspecified atom stereocenters. The summed E-state index contributed by atoms with van der Waals surface area (Å²) in [4.78, 5) is 5.97. The van der Waals surface area contributed by atoms with Crippen LogP contribution < -0.4 is 4.90 Å². The predicted octanol–water partition coefficient (Wildman–Crippen LogP) is 3.72. The van der Waals surface area contributed by atoms with Gasteiger partial charge in [-0.3, -0.25) is 4.98 Å². The molecule has 1 aliphatic carbocycles. The Labute approximate surface area is 145 Å². The number of hydrogen-bond donors (Lipinski definition) is 1. The number of aromatic hydroxyl groups is 1. The van der Waals surface area contributed by atoms with Crippen molar-refractivity contribution in [2.75, 3.05) is 11.9 Å². The Morgan fingerprint density at radius 3 is 2.72 bits per heavy atom. The molecule has 6 heteroatoms. The van der Waals surface area contributed by atoms with Crippen LogP contribution in [0.2, 0.25) is 0 Å². The molecule has 1 N–H and O–H groups in total. The highest BCUT2D eigenvalue weighted by molar-refractivity contribution is 5.89. The molecule has 2 atom stereocenters. The topological polar surface area (TPSA) is 62.1 Å². The molecule has 0 saturated heterocycles. The van der Waals surface area contributed by atoms with E-state index in [1.807, 2.05) is 30.1 Å². The first-order valence-corrected chi connectivity index (χ1v) is 8.41. The number of nitrogens with zero attached hydrogens (tertiary/aromatic N) is 4. The summed E-state index contributed by atoms with van der Waals surface area (Å²) in [7, 11) is 1.85. The molecule has 5 nitrogen and oxygen atoms in total. The number of rotatable bonds is 3. The Morgan fingerprint density at radius 1 is 1.12 bits per heavy atom. The third-order valence-corrected chi connectivity index (χ3v) is 4.94. The van der Waals surface area contributed by atoms with Crippen LogP contribution in [0.3, 0.4) is 0 Å². The molecule has 0 amide bonds. The van der Waals surface area contributed by atoms with Gasteiger partial charge in [-0.25, -0.2) is 4.39 Å². The summed E-state index contributed by atoms with van der Waals surface area (Å²) < 4.78 is 13.9. The molecule has 1 aliphatic rings. The van der Waals surface area contributed by atoms with Gasteiger partial charge in [0.15, 0.2) is 5.82 Å². The monoisotopic (exact) mass is 338 g/mol. The number of alkyl halides is 1. The van der Waals surface area contributed by atoms with Gasteiger partial charge in [-0.1, -0.05) is 0 Å².